The molecule has 8 heteroatoms. The van der Waals surface area contributed by atoms with Crippen LogP contribution < -0.4 is 10.5 Å². The van der Waals surface area contributed by atoms with Gasteiger partial charge in [0.2, 0.25) is 5.91 Å². The number of fused-ring (bicyclic) bond motifs is 1. The van der Waals surface area contributed by atoms with Gasteiger partial charge in [-0.05, 0) is 51.7 Å². The molecule has 1 saturated heterocycles. The van der Waals surface area contributed by atoms with Gasteiger partial charge in [-0.1, -0.05) is 0 Å². The quantitative estimate of drug-likeness (QED) is 0.757. The molecule has 30 heavy (non-hydrogen) atoms. The Hall–Kier alpha value is -3.03. The Morgan fingerprint density at radius 3 is 2.57 bits per heavy atom. The van der Waals surface area contributed by atoms with Crippen molar-refractivity contribution < 1.29 is 9.59 Å². The van der Waals surface area contributed by atoms with Crippen LogP contribution in [0.2, 0.25) is 0 Å². The fourth-order valence-corrected chi connectivity index (χ4v) is 4.45. The number of nitrogens with zero attached hydrogens (tertiary/aromatic N) is 5. The Kier molecular flexibility index (Phi) is 4.95. The fraction of sp³-hybridized carbons (Fsp3) is 0.500. The zero-order valence-corrected chi connectivity index (χ0v) is 18.2. The van der Waals surface area contributed by atoms with Crippen LogP contribution >= 0.6 is 0 Å². The number of hydrogen-bond acceptors (Lipinski definition) is 5. The second kappa shape index (κ2) is 7.34. The lowest BCUT2D eigenvalue weighted by Gasteiger charge is -2.35. The molecule has 0 spiro atoms. The summed E-state index contributed by atoms with van der Waals surface area (Å²) in [5.41, 5.74) is 3.05. The van der Waals surface area contributed by atoms with E-state index in [0.29, 0.717) is 30.2 Å². The maximum absolute atomic E-state index is 13.5. The Balaban J connectivity index is 1.77. The van der Waals surface area contributed by atoms with Gasteiger partial charge in [0.25, 0.3) is 11.5 Å². The predicted molar refractivity (Wildman–Crippen MR) is 113 cm³/mol. The summed E-state index contributed by atoms with van der Waals surface area (Å²) in [4.78, 5) is 51.2. The van der Waals surface area contributed by atoms with Crippen LogP contribution in [0.25, 0.3) is 0 Å². The number of carbonyl (C=O) groups is 2. The van der Waals surface area contributed by atoms with Gasteiger partial charge in [0.15, 0.2) is 5.82 Å². The van der Waals surface area contributed by atoms with Gasteiger partial charge in [0.1, 0.15) is 11.4 Å². The molecule has 0 saturated carbocycles. The highest BCUT2D eigenvalue weighted by molar-refractivity contribution is 6.00. The molecular weight excluding hydrogens is 382 g/mol. The molecule has 0 bridgehead atoms. The molecule has 0 radical (unpaired) electrons. The highest BCUT2D eigenvalue weighted by atomic mass is 16.2. The second-order valence-electron chi connectivity index (χ2n) is 8.32. The van der Waals surface area contributed by atoms with Crippen molar-refractivity contribution in [2.45, 2.75) is 52.5 Å². The van der Waals surface area contributed by atoms with Crippen molar-refractivity contribution in [1.82, 2.24) is 19.4 Å². The minimum absolute atomic E-state index is 0.00472. The molecule has 0 aliphatic carbocycles. The summed E-state index contributed by atoms with van der Waals surface area (Å²) in [7, 11) is 3.40. The van der Waals surface area contributed by atoms with Gasteiger partial charge >= 0.3 is 0 Å². The summed E-state index contributed by atoms with van der Waals surface area (Å²) in [6, 6.07) is 1.55. The third kappa shape index (κ3) is 3.11. The molecule has 0 aromatic carbocycles. The zero-order chi connectivity index (χ0) is 21.7. The minimum Gasteiger partial charge on any atom is -0.328 e. The van der Waals surface area contributed by atoms with Gasteiger partial charge in [0, 0.05) is 37.6 Å². The standard InChI is InChI=1S/C22H27N5O3/c1-12-10-13(2)25(4)21(29)18(12)22(30)27-9-7-6-8-16(27)19-23-14(3)15-11-17(28)26(5)20(15)24-19/h10,16H,6-9,11H2,1-5H3/t16-/m1/s1. The van der Waals surface area contributed by atoms with Crippen LogP contribution in [0.15, 0.2) is 10.9 Å². The van der Waals surface area contributed by atoms with E-state index < -0.39 is 0 Å². The van der Waals surface area contributed by atoms with Crippen LogP contribution in [0.5, 0.6) is 0 Å². The number of anilines is 1. The van der Waals surface area contributed by atoms with Crippen LogP contribution in [0.3, 0.4) is 0 Å². The van der Waals surface area contributed by atoms with E-state index in [-0.39, 0.29) is 29.0 Å². The van der Waals surface area contributed by atoms with Crippen molar-refractivity contribution in [1.29, 1.82) is 0 Å². The van der Waals surface area contributed by atoms with E-state index in [1.165, 1.54) is 4.57 Å². The van der Waals surface area contributed by atoms with Gasteiger partial charge < -0.3 is 9.47 Å². The molecule has 158 valence electrons. The molecule has 4 heterocycles. The van der Waals surface area contributed by atoms with Crippen molar-refractivity contribution in [2.75, 3.05) is 18.5 Å². The SMILES string of the molecule is Cc1cc(C)n(C)c(=O)c1C(=O)N1CCCC[C@@H]1c1nc(C)c2c(n1)N(C)C(=O)C2. The highest BCUT2D eigenvalue weighted by Gasteiger charge is 2.35. The second-order valence-corrected chi connectivity index (χ2v) is 8.32. The van der Waals surface area contributed by atoms with Crippen LogP contribution in [-0.2, 0) is 18.3 Å². The highest BCUT2D eigenvalue weighted by Crippen LogP contribution is 2.34. The summed E-state index contributed by atoms with van der Waals surface area (Å²) in [6.07, 6.45) is 2.86. The monoisotopic (exact) mass is 409 g/mol. The number of carbonyl (C=O) groups excluding carboxylic acids is 2. The first-order valence-electron chi connectivity index (χ1n) is 10.3. The average Bonchev–Trinajstić information content (AvgIpc) is 3.01. The van der Waals surface area contributed by atoms with Gasteiger partial charge in [0.05, 0.1) is 12.5 Å². The van der Waals surface area contributed by atoms with Gasteiger partial charge in [-0.2, -0.15) is 0 Å². The number of aryl methyl sites for hydroxylation is 3. The third-order valence-corrected chi connectivity index (χ3v) is 6.37. The van der Waals surface area contributed by atoms with Crippen molar-refractivity contribution in [2.24, 2.45) is 7.05 Å². The lowest BCUT2D eigenvalue weighted by atomic mass is 9.98. The molecule has 0 N–H and O–H groups in total. The minimum atomic E-state index is -0.315. The van der Waals surface area contributed by atoms with Crippen LogP contribution in [0.1, 0.15) is 64.0 Å². The Morgan fingerprint density at radius 1 is 1.10 bits per heavy atom. The molecule has 2 aromatic rings. The first-order chi connectivity index (χ1) is 14.2. The maximum atomic E-state index is 13.5. The largest absolute Gasteiger partial charge is 0.328 e. The number of rotatable bonds is 2. The zero-order valence-electron chi connectivity index (χ0n) is 18.2. The van der Waals surface area contributed by atoms with Gasteiger partial charge in [-0.15, -0.1) is 0 Å². The van der Waals surface area contributed by atoms with E-state index in [4.69, 9.17) is 0 Å². The summed E-state index contributed by atoms with van der Waals surface area (Å²) in [6.45, 7) is 6.09. The smallest absolute Gasteiger partial charge is 0.263 e. The number of hydrogen-bond donors (Lipinski definition) is 0. The van der Waals surface area contributed by atoms with E-state index in [2.05, 4.69) is 9.97 Å². The van der Waals surface area contributed by atoms with Crippen molar-refractivity contribution in [3.05, 3.63) is 50.3 Å². The molecule has 2 aliphatic heterocycles. The molecule has 1 atom stereocenters. The number of likely N-dealkylation sites (N-methyl/N-ethyl adjacent to an activating group) is 1. The summed E-state index contributed by atoms with van der Waals surface area (Å²) in [5.74, 6) is 0.893. The third-order valence-electron chi connectivity index (χ3n) is 6.37. The average molecular weight is 409 g/mol. The van der Waals surface area contributed by atoms with Crippen LogP contribution in [0, 0.1) is 20.8 Å². The Bertz CT molecular complexity index is 1120. The van der Waals surface area contributed by atoms with Crippen LogP contribution in [-0.4, -0.2) is 44.8 Å². The Morgan fingerprint density at radius 2 is 1.83 bits per heavy atom. The van der Waals surface area contributed by atoms with Crippen molar-refractivity contribution in [3.63, 3.8) is 0 Å². The molecular formula is C22H27N5O3. The van der Waals surface area contributed by atoms with Gasteiger partial charge in [-0.25, -0.2) is 9.97 Å². The Labute approximate surface area is 175 Å². The summed E-state index contributed by atoms with van der Waals surface area (Å²) < 4.78 is 1.51. The predicted octanol–water partition coefficient (Wildman–Crippen LogP) is 1.99. The lowest BCUT2D eigenvalue weighted by molar-refractivity contribution is -0.117. The topological polar surface area (TPSA) is 88.4 Å². The number of piperidine rings is 1. The summed E-state index contributed by atoms with van der Waals surface area (Å²) >= 11 is 0. The molecule has 2 aliphatic rings. The molecule has 2 aromatic heterocycles. The van der Waals surface area contributed by atoms with Crippen molar-refractivity contribution in [3.8, 4) is 0 Å². The number of amides is 2. The van der Waals surface area contributed by atoms with Crippen LogP contribution in [0.4, 0.5) is 5.82 Å². The number of likely N-dealkylation sites (tertiary alicyclic amines) is 1. The maximum Gasteiger partial charge on any atom is 0.263 e. The van der Waals surface area contributed by atoms with E-state index in [1.807, 2.05) is 19.9 Å². The molecule has 1 fully saturated rings. The van der Waals surface area contributed by atoms with E-state index in [9.17, 15) is 14.4 Å². The summed E-state index contributed by atoms with van der Waals surface area (Å²) in [5, 5.41) is 0. The van der Waals surface area contributed by atoms with Crippen molar-refractivity contribution >= 4 is 17.6 Å². The first kappa shape index (κ1) is 20.3. The van der Waals surface area contributed by atoms with E-state index >= 15 is 0 Å². The van der Waals surface area contributed by atoms with E-state index in [0.717, 1.165) is 36.2 Å². The first-order valence-corrected chi connectivity index (χ1v) is 10.3. The molecule has 0 unspecified atom stereocenters. The molecule has 4 rings (SSSR count). The molecule has 2 amide bonds. The fourth-order valence-electron chi connectivity index (χ4n) is 4.45. The normalized spacial score (nSPS) is 18.7. The van der Waals surface area contributed by atoms with E-state index in [1.54, 1.807) is 30.8 Å². The van der Waals surface area contributed by atoms with Gasteiger partial charge in [-0.3, -0.25) is 19.3 Å². The molecule has 8 nitrogen and oxygen atoms in total. The number of pyridine rings is 1. The number of aromatic nitrogens is 3. The lowest BCUT2D eigenvalue weighted by Crippen LogP contribution is -2.43.